The van der Waals surface area contributed by atoms with Crippen LogP contribution < -0.4 is 5.32 Å². The summed E-state index contributed by atoms with van der Waals surface area (Å²) >= 11 is 18.7. The van der Waals surface area contributed by atoms with Crippen LogP contribution in [-0.2, 0) is 6.54 Å². The van der Waals surface area contributed by atoms with Gasteiger partial charge in [-0.2, -0.15) is 0 Å². The Hall–Kier alpha value is -3.31. The van der Waals surface area contributed by atoms with E-state index in [4.69, 9.17) is 39.8 Å². The minimum atomic E-state index is -0.258. The largest absolute Gasteiger partial charge is 0.348 e. The predicted molar refractivity (Wildman–Crippen MR) is 139 cm³/mol. The third-order valence-electron chi connectivity index (χ3n) is 5.46. The lowest BCUT2D eigenvalue weighted by Gasteiger charge is -2.09. The van der Waals surface area contributed by atoms with Gasteiger partial charge in [0.05, 0.1) is 22.0 Å². The summed E-state index contributed by atoms with van der Waals surface area (Å²) in [6.45, 7) is 0.396. The van der Waals surface area contributed by atoms with Gasteiger partial charge in [0.2, 0.25) is 0 Å². The SMILES string of the molecule is O=C(NCc1ccccc1)c1cc(Cl)cn2c(-c3ccc(Cl)cc3)c(-c3ccc(Cl)cc3)nc12. The van der Waals surface area contributed by atoms with Gasteiger partial charge in [0.15, 0.2) is 5.65 Å². The highest BCUT2D eigenvalue weighted by Crippen LogP contribution is 2.35. The topological polar surface area (TPSA) is 46.4 Å². The number of nitrogens with zero attached hydrogens (tertiary/aromatic N) is 2. The maximum atomic E-state index is 13.2. The summed E-state index contributed by atoms with van der Waals surface area (Å²) in [6.07, 6.45) is 1.77. The van der Waals surface area contributed by atoms with Crippen molar-refractivity contribution in [3.63, 3.8) is 0 Å². The number of imidazole rings is 1. The van der Waals surface area contributed by atoms with Gasteiger partial charge in [0.1, 0.15) is 0 Å². The van der Waals surface area contributed by atoms with Crippen LogP contribution in [0.2, 0.25) is 15.1 Å². The van der Waals surface area contributed by atoms with Gasteiger partial charge in [0.25, 0.3) is 5.91 Å². The Bertz CT molecular complexity index is 1480. The first-order chi connectivity index (χ1) is 16.5. The fourth-order valence-corrected chi connectivity index (χ4v) is 4.30. The summed E-state index contributed by atoms with van der Waals surface area (Å²) in [4.78, 5) is 18.1. The number of hydrogen-bond donors (Lipinski definition) is 1. The van der Waals surface area contributed by atoms with Gasteiger partial charge in [-0.15, -0.1) is 0 Å². The van der Waals surface area contributed by atoms with E-state index in [-0.39, 0.29) is 5.91 Å². The van der Waals surface area contributed by atoms with Crippen LogP contribution in [-0.4, -0.2) is 15.3 Å². The van der Waals surface area contributed by atoms with Crippen molar-refractivity contribution in [2.24, 2.45) is 0 Å². The highest BCUT2D eigenvalue weighted by atomic mass is 35.5. The maximum absolute atomic E-state index is 13.2. The summed E-state index contributed by atoms with van der Waals surface area (Å²) in [5.41, 5.74) is 5.15. The fraction of sp³-hybridized carbons (Fsp3) is 0.0370. The molecule has 7 heteroatoms. The summed E-state index contributed by atoms with van der Waals surface area (Å²) in [5.74, 6) is -0.258. The van der Waals surface area contributed by atoms with Crippen LogP contribution in [0.5, 0.6) is 0 Å². The van der Waals surface area contributed by atoms with Crippen molar-refractivity contribution >= 4 is 46.4 Å². The number of nitrogens with one attached hydrogen (secondary N) is 1. The molecule has 0 aliphatic carbocycles. The number of hydrogen-bond acceptors (Lipinski definition) is 2. The molecule has 0 spiro atoms. The standard InChI is InChI=1S/C27H18Cl3N3O/c28-20-10-6-18(7-11-20)24-25(19-8-12-21(29)13-9-19)33-16-22(30)14-23(26(33)32-24)27(34)31-15-17-4-2-1-3-5-17/h1-14,16H,15H2,(H,31,34). The average molecular weight is 507 g/mol. The number of benzene rings is 3. The van der Waals surface area contributed by atoms with E-state index in [9.17, 15) is 4.79 Å². The van der Waals surface area contributed by atoms with Crippen molar-refractivity contribution in [1.82, 2.24) is 14.7 Å². The van der Waals surface area contributed by atoms with Crippen molar-refractivity contribution in [2.45, 2.75) is 6.54 Å². The van der Waals surface area contributed by atoms with E-state index in [0.717, 1.165) is 22.4 Å². The molecule has 4 nitrogen and oxygen atoms in total. The molecule has 2 heterocycles. The van der Waals surface area contributed by atoms with E-state index in [1.165, 1.54) is 0 Å². The van der Waals surface area contributed by atoms with Crippen LogP contribution in [0.15, 0.2) is 91.1 Å². The maximum Gasteiger partial charge on any atom is 0.255 e. The zero-order valence-electron chi connectivity index (χ0n) is 17.8. The molecule has 0 bridgehead atoms. The third kappa shape index (κ3) is 4.53. The second-order valence-electron chi connectivity index (χ2n) is 7.76. The van der Waals surface area contributed by atoms with E-state index in [2.05, 4.69) is 5.32 Å². The number of pyridine rings is 1. The van der Waals surface area contributed by atoms with Gasteiger partial charge in [0, 0.05) is 33.9 Å². The number of carbonyl (C=O) groups excluding carboxylic acids is 1. The number of halogens is 3. The molecule has 5 rings (SSSR count). The molecule has 5 aromatic rings. The predicted octanol–water partition coefficient (Wildman–Crippen LogP) is 7.56. The first-order valence-electron chi connectivity index (χ1n) is 10.6. The molecule has 1 amide bonds. The zero-order valence-corrected chi connectivity index (χ0v) is 20.1. The first kappa shape index (κ1) is 22.5. The molecule has 34 heavy (non-hydrogen) atoms. The molecule has 2 aromatic heterocycles. The Kier molecular flexibility index (Phi) is 6.29. The molecule has 168 valence electrons. The fourth-order valence-electron chi connectivity index (χ4n) is 3.84. The molecule has 0 radical (unpaired) electrons. The lowest BCUT2D eigenvalue weighted by Crippen LogP contribution is -2.23. The summed E-state index contributed by atoms with van der Waals surface area (Å²) in [7, 11) is 0. The van der Waals surface area contributed by atoms with Gasteiger partial charge in [-0.1, -0.05) is 89.4 Å². The van der Waals surface area contributed by atoms with Crippen LogP contribution in [0.1, 0.15) is 15.9 Å². The smallest absolute Gasteiger partial charge is 0.255 e. The molecule has 0 fully saturated rings. The van der Waals surface area contributed by atoms with E-state index in [1.807, 2.05) is 83.3 Å². The minimum absolute atomic E-state index is 0.258. The zero-order chi connectivity index (χ0) is 23.7. The van der Waals surface area contributed by atoms with Crippen molar-refractivity contribution in [3.05, 3.63) is 117 Å². The highest BCUT2D eigenvalue weighted by molar-refractivity contribution is 6.31. The lowest BCUT2D eigenvalue weighted by molar-refractivity contribution is 0.0952. The molecular formula is C27H18Cl3N3O. The van der Waals surface area contributed by atoms with Gasteiger partial charge in [-0.25, -0.2) is 4.98 Å². The molecule has 0 atom stereocenters. The van der Waals surface area contributed by atoms with Gasteiger partial charge >= 0.3 is 0 Å². The second-order valence-corrected chi connectivity index (χ2v) is 9.07. The van der Waals surface area contributed by atoms with Crippen molar-refractivity contribution in [3.8, 4) is 22.5 Å². The van der Waals surface area contributed by atoms with E-state index in [1.54, 1.807) is 12.3 Å². The van der Waals surface area contributed by atoms with Crippen molar-refractivity contribution < 1.29 is 4.79 Å². The summed E-state index contributed by atoms with van der Waals surface area (Å²) < 4.78 is 1.85. The second kappa shape index (κ2) is 9.51. The third-order valence-corrected chi connectivity index (χ3v) is 6.17. The highest BCUT2D eigenvalue weighted by Gasteiger charge is 2.21. The normalized spacial score (nSPS) is 11.0. The Labute approximate surface area is 211 Å². The number of amides is 1. The van der Waals surface area contributed by atoms with Crippen molar-refractivity contribution in [1.29, 1.82) is 0 Å². The molecule has 0 saturated carbocycles. The van der Waals surface area contributed by atoms with Gasteiger partial charge < -0.3 is 5.32 Å². The van der Waals surface area contributed by atoms with Gasteiger partial charge in [-0.05, 0) is 35.9 Å². The number of rotatable bonds is 5. The quantitative estimate of drug-likeness (QED) is 0.267. The average Bonchev–Trinajstić information content (AvgIpc) is 3.23. The molecule has 0 aliphatic heterocycles. The molecule has 0 saturated heterocycles. The summed E-state index contributed by atoms with van der Waals surface area (Å²) in [6, 6.07) is 26.3. The van der Waals surface area contributed by atoms with Crippen LogP contribution in [0.3, 0.4) is 0 Å². The Morgan fingerprint density at radius 3 is 2.06 bits per heavy atom. The minimum Gasteiger partial charge on any atom is -0.348 e. The number of carbonyl (C=O) groups is 1. The lowest BCUT2D eigenvalue weighted by atomic mass is 10.0. The van der Waals surface area contributed by atoms with Crippen LogP contribution in [0.4, 0.5) is 0 Å². The molecule has 1 N–H and O–H groups in total. The molecule has 3 aromatic carbocycles. The van der Waals surface area contributed by atoms with Crippen LogP contribution in [0.25, 0.3) is 28.2 Å². The van der Waals surface area contributed by atoms with Crippen LogP contribution in [0, 0.1) is 0 Å². The van der Waals surface area contributed by atoms with Gasteiger partial charge in [-0.3, -0.25) is 9.20 Å². The van der Waals surface area contributed by atoms with Crippen molar-refractivity contribution in [2.75, 3.05) is 0 Å². The van der Waals surface area contributed by atoms with E-state index in [0.29, 0.717) is 38.5 Å². The Morgan fingerprint density at radius 1 is 0.794 bits per heavy atom. The van der Waals surface area contributed by atoms with E-state index < -0.39 is 0 Å². The molecule has 0 aliphatic rings. The number of fused-ring (bicyclic) bond motifs is 1. The Morgan fingerprint density at radius 2 is 1.41 bits per heavy atom. The Balaban J connectivity index is 1.66. The monoisotopic (exact) mass is 505 g/mol. The first-order valence-corrected chi connectivity index (χ1v) is 11.7. The number of aromatic nitrogens is 2. The van der Waals surface area contributed by atoms with E-state index >= 15 is 0 Å². The molecule has 0 unspecified atom stereocenters. The summed E-state index contributed by atoms with van der Waals surface area (Å²) in [5, 5.41) is 4.65. The molecular weight excluding hydrogens is 489 g/mol. The van der Waals surface area contributed by atoms with Crippen LogP contribution >= 0.6 is 34.8 Å².